The fourth-order valence-electron chi connectivity index (χ4n) is 3.58. The van der Waals surface area contributed by atoms with Crippen LogP contribution < -0.4 is 0 Å². The van der Waals surface area contributed by atoms with Crippen molar-refractivity contribution >= 4 is 34.5 Å². The molecule has 2 aliphatic rings. The maximum atomic E-state index is 12.6. The Labute approximate surface area is 142 Å². The Hall–Kier alpha value is -1.73. The van der Waals surface area contributed by atoms with Crippen molar-refractivity contribution in [1.29, 1.82) is 0 Å². The predicted molar refractivity (Wildman–Crippen MR) is 89.6 cm³/mol. The molecular weight excluding hydrogens is 330 g/mol. The standard InChI is InChI=1S/C16H17N3O2S2/c1-10-17-11(9-23-10)8-19-12-4-5-18(13(12)7-15(19)20)16(21)14-3-2-6-22-14/h2-3,6,9,12-13H,4-5,7-8H2,1H3/t12-,13+/m1/s1. The van der Waals surface area contributed by atoms with Crippen molar-refractivity contribution in [3.05, 3.63) is 38.5 Å². The number of rotatable bonds is 3. The highest BCUT2D eigenvalue weighted by Crippen LogP contribution is 2.34. The topological polar surface area (TPSA) is 53.5 Å². The molecule has 2 amide bonds. The molecule has 2 saturated heterocycles. The van der Waals surface area contributed by atoms with Crippen LogP contribution in [0.1, 0.15) is 33.2 Å². The average molecular weight is 347 g/mol. The Bertz CT molecular complexity index is 740. The fraction of sp³-hybridized carbons (Fsp3) is 0.438. The highest BCUT2D eigenvalue weighted by Gasteiger charge is 2.48. The van der Waals surface area contributed by atoms with Crippen LogP contribution in [-0.4, -0.2) is 45.2 Å². The van der Waals surface area contributed by atoms with E-state index in [-0.39, 0.29) is 23.9 Å². The summed E-state index contributed by atoms with van der Waals surface area (Å²) >= 11 is 3.07. The first kappa shape index (κ1) is 14.8. The van der Waals surface area contributed by atoms with Crippen molar-refractivity contribution in [2.24, 2.45) is 0 Å². The van der Waals surface area contributed by atoms with Crippen LogP contribution in [-0.2, 0) is 11.3 Å². The molecule has 23 heavy (non-hydrogen) atoms. The summed E-state index contributed by atoms with van der Waals surface area (Å²) in [6.07, 6.45) is 1.29. The van der Waals surface area contributed by atoms with Gasteiger partial charge in [0.2, 0.25) is 5.91 Å². The molecular formula is C16H17N3O2S2. The Morgan fingerprint density at radius 3 is 2.96 bits per heavy atom. The number of thiophene rings is 1. The van der Waals surface area contributed by atoms with E-state index in [9.17, 15) is 9.59 Å². The van der Waals surface area contributed by atoms with Crippen molar-refractivity contribution in [3.8, 4) is 0 Å². The van der Waals surface area contributed by atoms with Gasteiger partial charge in [0.15, 0.2) is 0 Å². The molecule has 0 N–H and O–H groups in total. The molecule has 120 valence electrons. The molecule has 2 aliphatic heterocycles. The number of likely N-dealkylation sites (tertiary alicyclic amines) is 2. The van der Waals surface area contributed by atoms with Gasteiger partial charge in [-0.3, -0.25) is 9.59 Å². The van der Waals surface area contributed by atoms with E-state index in [0.29, 0.717) is 13.0 Å². The highest BCUT2D eigenvalue weighted by molar-refractivity contribution is 7.12. The number of carbonyl (C=O) groups excluding carboxylic acids is 2. The number of thiazole rings is 1. The van der Waals surface area contributed by atoms with Gasteiger partial charge in [0.1, 0.15) is 0 Å². The number of nitrogens with zero attached hydrogens (tertiary/aromatic N) is 3. The van der Waals surface area contributed by atoms with E-state index >= 15 is 0 Å². The third-order valence-corrected chi connectivity index (χ3v) is 6.29. The van der Waals surface area contributed by atoms with Gasteiger partial charge in [-0.2, -0.15) is 0 Å². The monoisotopic (exact) mass is 347 g/mol. The first-order chi connectivity index (χ1) is 11.1. The van der Waals surface area contributed by atoms with Gasteiger partial charge in [-0.15, -0.1) is 22.7 Å². The van der Waals surface area contributed by atoms with Gasteiger partial charge in [0.25, 0.3) is 5.91 Å². The smallest absolute Gasteiger partial charge is 0.264 e. The van der Waals surface area contributed by atoms with E-state index in [4.69, 9.17) is 0 Å². The minimum absolute atomic E-state index is 0.0110. The summed E-state index contributed by atoms with van der Waals surface area (Å²) < 4.78 is 0. The third kappa shape index (κ3) is 2.57. The zero-order valence-electron chi connectivity index (χ0n) is 12.8. The van der Waals surface area contributed by atoms with Crippen LogP contribution in [0.2, 0.25) is 0 Å². The largest absolute Gasteiger partial charge is 0.332 e. The average Bonchev–Trinajstić information content (AvgIpc) is 3.27. The first-order valence-electron chi connectivity index (χ1n) is 7.68. The van der Waals surface area contributed by atoms with Gasteiger partial charge in [-0.1, -0.05) is 6.07 Å². The molecule has 5 nitrogen and oxygen atoms in total. The molecule has 4 heterocycles. The van der Waals surface area contributed by atoms with Crippen LogP contribution in [0, 0.1) is 6.92 Å². The Kier molecular flexibility index (Phi) is 3.69. The number of aromatic nitrogens is 1. The summed E-state index contributed by atoms with van der Waals surface area (Å²) in [4.78, 5) is 34.1. The molecule has 0 radical (unpaired) electrons. The Morgan fingerprint density at radius 2 is 2.26 bits per heavy atom. The molecule has 2 aromatic heterocycles. The van der Waals surface area contributed by atoms with Gasteiger partial charge < -0.3 is 9.80 Å². The van der Waals surface area contributed by atoms with Gasteiger partial charge in [0.05, 0.1) is 34.2 Å². The lowest BCUT2D eigenvalue weighted by atomic mass is 10.1. The van der Waals surface area contributed by atoms with Crippen molar-refractivity contribution in [2.75, 3.05) is 6.54 Å². The summed E-state index contributed by atoms with van der Waals surface area (Å²) in [5.41, 5.74) is 0.949. The number of carbonyl (C=O) groups is 2. The second-order valence-electron chi connectivity index (χ2n) is 5.98. The molecule has 7 heteroatoms. The Balaban J connectivity index is 1.52. The minimum Gasteiger partial charge on any atom is -0.332 e. The number of aryl methyl sites for hydroxylation is 1. The van der Waals surface area contributed by atoms with Crippen molar-refractivity contribution in [1.82, 2.24) is 14.8 Å². The van der Waals surface area contributed by atoms with E-state index < -0.39 is 0 Å². The zero-order valence-corrected chi connectivity index (χ0v) is 14.4. The summed E-state index contributed by atoms with van der Waals surface area (Å²) in [5.74, 6) is 0.195. The second-order valence-corrected chi connectivity index (χ2v) is 7.99. The SMILES string of the molecule is Cc1nc(CN2C(=O)C[C@H]3[C@H]2CCN3C(=O)c2cccs2)cs1. The van der Waals surface area contributed by atoms with Gasteiger partial charge in [-0.25, -0.2) is 4.98 Å². The lowest BCUT2D eigenvalue weighted by Gasteiger charge is -2.24. The van der Waals surface area contributed by atoms with Crippen LogP contribution in [0.4, 0.5) is 0 Å². The normalized spacial score (nSPS) is 23.6. The molecule has 0 unspecified atom stereocenters. The van der Waals surface area contributed by atoms with Crippen LogP contribution >= 0.6 is 22.7 Å². The van der Waals surface area contributed by atoms with E-state index in [0.717, 1.165) is 28.5 Å². The number of hydrogen-bond acceptors (Lipinski definition) is 5. The maximum Gasteiger partial charge on any atom is 0.264 e. The number of hydrogen-bond donors (Lipinski definition) is 0. The third-order valence-electron chi connectivity index (χ3n) is 4.61. The Morgan fingerprint density at radius 1 is 1.39 bits per heavy atom. The lowest BCUT2D eigenvalue weighted by molar-refractivity contribution is -0.129. The first-order valence-corrected chi connectivity index (χ1v) is 9.44. The summed E-state index contributed by atoms with van der Waals surface area (Å²) in [6.45, 7) is 3.26. The van der Waals surface area contributed by atoms with Crippen molar-refractivity contribution in [2.45, 2.75) is 38.4 Å². The van der Waals surface area contributed by atoms with Gasteiger partial charge in [0, 0.05) is 18.3 Å². The van der Waals surface area contributed by atoms with Gasteiger partial charge in [-0.05, 0) is 24.8 Å². The molecule has 2 atom stereocenters. The predicted octanol–water partition coefficient (Wildman–Crippen LogP) is 2.53. The highest BCUT2D eigenvalue weighted by atomic mass is 32.1. The van der Waals surface area contributed by atoms with Crippen LogP contribution in [0.15, 0.2) is 22.9 Å². The quantitative estimate of drug-likeness (QED) is 0.857. The van der Waals surface area contributed by atoms with Crippen molar-refractivity contribution < 1.29 is 9.59 Å². The number of amides is 2. The van der Waals surface area contributed by atoms with Crippen LogP contribution in [0.3, 0.4) is 0 Å². The van der Waals surface area contributed by atoms with E-state index in [1.807, 2.05) is 39.6 Å². The number of fused-ring (bicyclic) bond motifs is 1. The maximum absolute atomic E-state index is 12.6. The summed E-state index contributed by atoms with van der Waals surface area (Å²) in [7, 11) is 0. The molecule has 2 fully saturated rings. The zero-order chi connectivity index (χ0) is 16.0. The van der Waals surface area contributed by atoms with E-state index in [1.165, 1.54) is 11.3 Å². The van der Waals surface area contributed by atoms with Crippen LogP contribution in [0.5, 0.6) is 0 Å². The van der Waals surface area contributed by atoms with E-state index in [1.54, 1.807) is 11.3 Å². The molecule has 0 aromatic carbocycles. The molecule has 0 aliphatic carbocycles. The van der Waals surface area contributed by atoms with E-state index in [2.05, 4.69) is 4.98 Å². The fourth-order valence-corrected chi connectivity index (χ4v) is 4.87. The van der Waals surface area contributed by atoms with Gasteiger partial charge >= 0.3 is 0 Å². The molecule has 4 rings (SSSR count). The summed E-state index contributed by atoms with van der Waals surface area (Å²) in [6, 6.07) is 3.89. The molecule has 0 saturated carbocycles. The lowest BCUT2D eigenvalue weighted by Crippen LogP contribution is -2.39. The molecule has 0 spiro atoms. The molecule has 2 aromatic rings. The summed E-state index contributed by atoms with van der Waals surface area (Å²) in [5, 5.41) is 4.95. The van der Waals surface area contributed by atoms with Crippen LogP contribution in [0.25, 0.3) is 0 Å². The second kappa shape index (κ2) is 5.72. The van der Waals surface area contributed by atoms with Crippen molar-refractivity contribution in [3.63, 3.8) is 0 Å². The minimum atomic E-state index is 0.0110. The molecule has 0 bridgehead atoms.